The summed E-state index contributed by atoms with van der Waals surface area (Å²) in [4.78, 5) is 10.5. The van der Waals surface area contributed by atoms with Crippen molar-refractivity contribution in [1.82, 2.24) is 14.7 Å². The van der Waals surface area contributed by atoms with E-state index >= 15 is 0 Å². The van der Waals surface area contributed by atoms with E-state index in [1.807, 2.05) is 0 Å². The molecule has 1 aliphatic rings. The molecule has 0 aromatic carbocycles. The third-order valence-electron chi connectivity index (χ3n) is 3.52. The van der Waals surface area contributed by atoms with Crippen molar-refractivity contribution < 1.29 is 13.2 Å². The number of nitrogens with one attached hydrogen (secondary N) is 1. The molecule has 3 rings (SSSR count). The first-order valence-corrected chi connectivity index (χ1v) is 10.2. The third-order valence-corrected chi connectivity index (χ3v) is 6.70. The molecule has 0 saturated carbocycles. The molecule has 10 heteroatoms. The molecule has 1 N–H and O–H groups in total. The van der Waals surface area contributed by atoms with Gasteiger partial charge in [0.05, 0.1) is 4.34 Å². The lowest BCUT2D eigenvalue weighted by molar-refractivity contribution is 0.310. The van der Waals surface area contributed by atoms with Gasteiger partial charge in [-0.3, -0.25) is 0 Å². The van der Waals surface area contributed by atoms with E-state index in [2.05, 4.69) is 19.6 Å². The van der Waals surface area contributed by atoms with Crippen LogP contribution in [-0.2, 0) is 10.0 Å². The molecule has 0 aliphatic carbocycles. The van der Waals surface area contributed by atoms with Crippen molar-refractivity contribution >= 4 is 38.8 Å². The first kappa shape index (κ1) is 17.4. The van der Waals surface area contributed by atoms with E-state index in [9.17, 15) is 8.42 Å². The molecule has 1 saturated heterocycles. The SMILES string of the molecule is O=S(=O)(NCCOc1cc(N2CCCC2)ncn1)c1ccc(Cl)s1. The molecule has 1 aliphatic heterocycles. The Labute approximate surface area is 149 Å². The highest BCUT2D eigenvalue weighted by molar-refractivity contribution is 7.91. The van der Waals surface area contributed by atoms with Crippen LogP contribution in [0.4, 0.5) is 5.82 Å². The van der Waals surface area contributed by atoms with Gasteiger partial charge in [-0.25, -0.2) is 23.1 Å². The monoisotopic (exact) mass is 388 g/mol. The fourth-order valence-corrected chi connectivity index (χ4v) is 4.91. The maximum absolute atomic E-state index is 12.0. The number of sulfonamides is 1. The quantitative estimate of drug-likeness (QED) is 0.731. The first-order chi connectivity index (χ1) is 11.5. The van der Waals surface area contributed by atoms with Crippen LogP contribution in [0.1, 0.15) is 12.8 Å². The highest BCUT2D eigenvalue weighted by Gasteiger charge is 2.16. The number of anilines is 1. The second-order valence-electron chi connectivity index (χ2n) is 5.21. The Kier molecular flexibility index (Phi) is 5.54. The van der Waals surface area contributed by atoms with Gasteiger partial charge in [-0.2, -0.15) is 0 Å². The van der Waals surface area contributed by atoms with Crippen molar-refractivity contribution in [1.29, 1.82) is 0 Å². The summed E-state index contributed by atoms with van der Waals surface area (Å²) in [5, 5.41) is 0. The highest BCUT2D eigenvalue weighted by Crippen LogP contribution is 2.25. The number of ether oxygens (including phenoxy) is 1. The Morgan fingerprint density at radius 2 is 2.08 bits per heavy atom. The minimum absolute atomic E-state index is 0.140. The van der Waals surface area contributed by atoms with E-state index < -0.39 is 10.0 Å². The van der Waals surface area contributed by atoms with Gasteiger partial charge in [-0.05, 0) is 25.0 Å². The van der Waals surface area contributed by atoms with Crippen molar-refractivity contribution in [3.8, 4) is 5.88 Å². The van der Waals surface area contributed by atoms with Gasteiger partial charge in [0.2, 0.25) is 15.9 Å². The van der Waals surface area contributed by atoms with Crippen molar-refractivity contribution in [3.05, 3.63) is 28.9 Å². The van der Waals surface area contributed by atoms with Crippen LogP contribution in [0.25, 0.3) is 0 Å². The summed E-state index contributed by atoms with van der Waals surface area (Å²) in [5.41, 5.74) is 0. The van der Waals surface area contributed by atoms with Gasteiger partial charge >= 0.3 is 0 Å². The van der Waals surface area contributed by atoms with Crippen LogP contribution in [0, 0.1) is 0 Å². The fraction of sp³-hybridized carbons (Fsp3) is 0.429. The number of halogens is 1. The lowest BCUT2D eigenvalue weighted by atomic mass is 10.4. The number of hydrogen-bond donors (Lipinski definition) is 1. The summed E-state index contributed by atoms with van der Waals surface area (Å²) in [6, 6.07) is 4.81. The summed E-state index contributed by atoms with van der Waals surface area (Å²) >= 11 is 6.77. The van der Waals surface area contributed by atoms with E-state index in [1.54, 1.807) is 12.1 Å². The minimum Gasteiger partial charge on any atom is -0.476 e. The molecule has 7 nitrogen and oxygen atoms in total. The lowest BCUT2D eigenvalue weighted by Crippen LogP contribution is -2.27. The van der Waals surface area contributed by atoms with Crippen molar-refractivity contribution in [3.63, 3.8) is 0 Å². The minimum atomic E-state index is -3.55. The summed E-state index contributed by atoms with van der Waals surface area (Å²) in [6.45, 7) is 2.29. The van der Waals surface area contributed by atoms with Crippen LogP contribution in [0.2, 0.25) is 4.34 Å². The molecule has 1 fully saturated rings. The van der Waals surface area contributed by atoms with E-state index in [1.165, 1.54) is 12.4 Å². The van der Waals surface area contributed by atoms with Gasteiger partial charge in [0.15, 0.2) is 0 Å². The number of thiophene rings is 1. The normalized spacial score (nSPS) is 15.0. The molecule has 0 radical (unpaired) electrons. The summed E-state index contributed by atoms with van der Waals surface area (Å²) < 4.78 is 32.7. The topological polar surface area (TPSA) is 84.4 Å². The summed E-state index contributed by atoms with van der Waals surface area (Å²) in [5.74, 6) is 1.27. The Morgan fingerprint density at radius 1 is 1.29 bits per heavy atom. The zero-order valence-corrected chi connectivity index (χ0v) is 15.2. The van der Waals surface area contributed by atoms with Crippen LogP contribution in [0.5, 0.6) is 5.88 Å². The summed E-state index contributed by atoms with van der Waals surface area (Å²) in [7, 11) is -3.55. The molecule has 2 aromatic heterocycles. The Morgan fingerprint density at radius 3 is 2.79 bits per heavy atom. The highest BCUT2D eigenvalue weighted by atomic mass is 35.5. The lowest BCUT2D eigenvalue weighted by Gasteiger charge is -2.16. The summed E-state index contributed by atoms with van der Waals surface area (Å²) in [6.07, 6.45) is 3.78. The van der Waals surface area contributed by atoms with Crippen molar-refractivity contribution in [2.45, 2.75) is 17.1 Å². The van der Waals surface area contributed by atoms with Crippen molar-refractivity contribution in [2.75, 3.05) is 31.1 Å². The Balaban J connectivity index is 1.50. The fourth-order valence-electron chi connectivity index (χ4n) is 2.37. The predicted molar refractivity (Wildman–Crippen MR) is 93.5 cm³/mol. The molecule has 0 atom stereocenters. The molecule has 0 unspecified atom stereocenters. The molecule has 3 heterocycles. The standard InChI is InChI=1S/C14H17ClN4O3S2/c15-11-3-4-14(23-11)24(20,21)18-5-8-22-13-9-12(16-10-17-13)19-6-1-2-7-19/h3-4,9-10,18H,1-2,5-8H2. The van der Waals surface area contributed by atoms with E-state index in [-0.39, 0.29) is 17.4 Å². The van der Waals surface area contributed by atoms with Crippen LogP contribution in [0.15, 0.2) is 28.7 Å². The second kappa shape index (κ2) is 7.64. The molecule has 24 heavy (non-hydrogen) atoms. The van der Waals surface area contributed by atoms with Gasteiger partial charge in [0.25, 0.3) is 0 Å². The number of hydrogen-bond acceptors (Lipinski definition) is 7. The van der Waals surface area contributed by atoms with E-state index in [0.717, 1.165) is 43.1 Å². The second-order valence-corrected chi connectivity index (χ2v) is 8.92. The Bertz CT molecular complexity index is 791. The molecular weight excluding hydrogens is 372 g/mol. The van der Waals surface area contributed by atoms with Crippen molar-refractivity contribution in [2.24, 2.45) is 0 Å². The maximum atomic E-state index is 12.0. The van der Waals surface area contributed by atoms with Gasteiger partial charge in [-0.15, -0.1) is 11.3 Å². The van der Waals surface area contributed by atoms with Gasteiger partial charge < -0.3 is 9.64 Å². The Hall–Kier alpha value is -1.42. The number of rotatable bonds is 7. The number of nitrogens with zero attached hydrogens (tertiary/aromatic N) is 3. The van der Waals surface area contributed by atoms with E-state index in [0.29, 0.717) is 10.2 Å². The number of aromatic nitrogens is 2. The zero-order chi connectivity index (χ0) is 17.0. The molecule has 0 bridgehead atoms. The molecular formula is C14H17ClN4O3S2. The predicted octanol–water partition coefficient (Wildman–Crippen LogP) is 2.15. The van der Waals surface area contributed by atoms with Gasteiger partial charge in [0, 0.05) is 25.7 Å². The van der Waals surface area contributed by atoms with Crippen LogP contribution < -0.4 is 14.4 Å². The zero-order valence-electron chi connectivity index (χ0n) is 12.8. The molecule has 0 amide bonds. The van der Waals surface area contributed by atoms with E-state index in [4.69, 9.17) is 16.3 Å². The molecule has 130 valence electrons. The van der Waals surface area contributed by atoms with Gasteiger partial charge in [-0.1, -0.05) is 11.6 Å². The van der Waals surface area contributed by atoms with Crippen LogP contribution in [0.3, 0.4) is 0 Å². The third kappa shape index (κ3) is 4.35. The largest absolute Gasteiger partial charge is 0.476 e. The average Bonchev–Trinajstić information content (AvgIpc) is 3.23. The first-order valence-electron chi connectivity index (χ1n) is 7.49. The smallest absolute Gasteiger partial charge is 0.250 e. The van der Waals surface area contributed by atoms with Crippen LogP contribution >= 0.6 is 22.9 Å². The van der Waals surface area contributed by atoms with Gasteiger partial charge in [0.1, 0.15) is 23.0 Å². The average molecular weight is 389 g/mol. The maximum Gasteiger partial charge on any atom is 0.250 e. The van der Waals surface area contributed by atoms with Crippen LogP contribution in [-0.4, -0.2) is 44.6 Å². The molecule has 0 spiro atoms. The molecule has 2 aromatic rings.